The standard InChI is InChI=1S/C10H10BrFO3/c1-14-10(13)4-5-15-7-2-3-8(11)9(12)6-7/h2-3,6H,4-5H2,1H3. The van der Waals surface area contributed by atoms with E-state index in [9.17, 15) is 9.18 Å². The number of carbonyl (C=O) groups excluding carboxylic acids is 1. The summed E-state index contributed by atoms with van der Waals surface area (Å²) in [6.07, 6.45) is 0.147. The minimum Gasteiger partial charge on any atom is -0.493 e. The molecule has 0 heterocycles. The van der Waals surface area contributed by atoms with Gasteiger partial charge in [-0.2, -0.15) is 0 Å². The highest BCUT2D eigenvalue weighted by Gasteiger charge is 2.03. The molecule has 3 nitrogen and oxygen atoms in total. The third-order valence-electron chi connectivity index (χ3n) is 1.69. The van der Waals surface area contributed by atoms with Crippen LogP contribution in [-0.4, -0.2) is 19.7 Å². The first kappa shape index (κ1) is 12.0. The zero-order valence-electron chi connectivity index (χ0n) is 8.13. The van der Waals surface area contributed by atoms with Crippen molar-refractivity contribution < 1.29 is 18.7 Å². The molecule has 0 saturated carbocycles. The summed E-state index contributed by atoms with van der Waals surface area (Å²) < 4.78 is 23.0. The van der Waals surface area contributed by atoms with Gasteiger partial charge in [-0.05, 0) is 28.1 Å². The summed E-state index contributed by atoms with van der Waals surface area (Å²) in [5.41, 5.74) is 0. The molecule has 0 aliphatic carbocycles. The number of carbonyl (C=O) groups is 1. The number of hydrogen-bond donors (Lipinski definition) is 0. The molecule has 0 aliphatic rings. The second-order valence-electron chi connectivity index (χ2n) is 2.75. The Morgan fingerprint density at radius 3 is 2.87 bits per heavy atom. The van der Waals surface area contributed by atoms with E-state index < -0.39 is 5.82 Å². The van der Waals surface area contributed by atoms with E-state index in [1.54, 1.807) is 12.1 Å². The largest absolute Gasteiger partial charge is 0.493 e. The number of ether oxygens (including phenoxy) is 2. The van der Waals surface area contributed by atoms with Crippen LogP contribution in [0.15, 0.2) is 22.7 Å². The first-order chi connectivity index (χ1) is 7.13. The van der Waals surface area contributed by atoms with E-state index in [0.29, 0.717) is 10.2 Å². The fourth-order valence-corrected chi connectivity index (χ4v) is 1.17. The van der Waals surface area contributed by atoms with Gasteiger partial charge in [0.2, 0.25) is 0 Å². The lowest BCUT2D eigenvalue weighted by molar-refractivity contribution is -0.141. The van der Waals surface area contributed by atoms with E-state index in [1.807, 2.05) is 0 Å². The van der Waals surface area contributed by atoms with Crippen LogP contribution in [0.1, 0.15) is 6.42 Å². The fraction of sp³-hybridized carbons (Fsp3) is 0.300. The molecule has 0 bridgehead atoms. The Morgan fingerprint density at radius 2 is 2.27 bits per heavy atom. The third kappa shape index (κ3) is 3.87. The summed E-state index contributed by atoms with van der Waals surface area (Å²) >= 11 is 3.03. The van der Waals surface area contributed by atoms with Crippen LogP contribution in [0.2, 0.25) is 0 Å². The van der Waals surface area contributed by atoms with Crippen LogP contribution in [0.4, 0.5) is 4.39 Å². The predicted molar refractivity (Wildman–Crippen MR) is 56.2 cm³/mol. The van der Waals surface area contributed by atoms with E-state index in [2.05, 4.69) is 20.7 Å². The Labute approximate surface area is 95.3 Å². The summed E-state index contributed by atoms with van der Waals surface area (Å²) in [5, 5.41) is 0. The Hall–Kier alpha value is -1.10. The maximum atomic E-state index is 13.0. The molecule has 0 aromatic heterocycles. The molecular weight excluding hydrogens is 267 g/mol. The van der Waals surface area contributed by atoms with Crippen molar-refractivity contribution in [2.75, 3.05) is 13.7 Å². The van der Waals surface area contributed by atoms with Crippen molar-refractivity contribution >= 4 is 21.9 Å². The zero-order valence-corrected chi connectivity index (χ0v) is 9.71. The van der Waals surface area contributed by atoms with Crippen molar-refractivity contribution in [1.29, 1.82) is 0 Å². The Kier molecular flexibility index (Phi) is 4.55. The number of hydrogen-bond acceptors (Lipinski definition) is 3. The lowest BCUT2D eigenvalue weighted by Crippen LogP contribution is -2.07. The van der Waals surface area contributed by atoms with Crippen molar-refractivity contribution in [2.45, 2.75) is 6.42 Å². The van der Waals surface area contributed by atoms with Gasteiger partial charge in [0.05, 0.1) is 24.6 Å². The first-order valence-electron chi connectivity index (χ1n) is 4.28. The molecule has 82 valence electrons. The SMILES string of the molecule is COC(=O)CCOc1ccc(Br)c(F)c1. The van der Waals surface area contributed by atoms with Crippen molar-refractivity contribution in [3.05, 3.63) is 28.5 Å². The Morgan fingerprint density at radius 1 is 1.53 bits per heavy atom. The second kappa shape index (κ2) is 5.70. The van der Waals surface area contributed by atoms with E-state index in [1.165, 1.54) is 13.2 Å². The van der Waals surface area contributed by atoms with Gasteiger partial charge in [-0.25, -0.2) is 4.39 Å². The quantitative estimate of drug-likeness (QED) is 0.793. The molecule has 0 amide bonds. The molecule has 0 aliphatic heterocycles. The van der Waals surface area contributed by atoms with Gasteiger partial charge in [0.25, 0.3) is 0 Å². The average Bonchev–Trinajstić information content (AvgIpc) is 2.23. The van der Waals surface area contributed by atoms with E-state index in [-0.39, 0.29) is 19.0 Å². The van der Waals surface area contributed by atoms with Crippen LogP contribution >= 0.6 is 15.9 Å². The summed E-state index contributed by atoms with van der Waals surface area (Å²) in [6.45, 7) is 0.174. The molecule has 0 spiro atoms. The summed E-state index contributed by atoms with van der Waals surface area (Å²) in [6, 6.07) is 4.41. The normalized spacial score (nSPS) is 9.80. The monoisotopic (exact) mass is 276 g/mol. The molecule has 1 aromatic carbocycles. The van der Waals surface area contributed by atoms with Crippen LogP contribution in [0.5, 0.6) is 5.75 Å². The van der Waals surface area contributed by atoms with E-state index >= 15 is 0 Å². The molecule has 0 radical (unpaired) electrons. The van der Waals surface area contributed by atoms with E-state index in [0.717, 1.165) is 0 Å². The van der Waals surface area contributed by atoms with E-state index in [4.69, 9.17) is 4.74 Å². The number of benzene rings is 1. The topological polar surface area (TPSA) is 35.5 Å². The molecular formula is C10H10BrFO3. The molecule has 15 heavy (non-hydrogen) atoms. The summed E-state index contributed by atoms with van der Waals surface area (Å²) in [4.78, 5) is 10.7. The van der Waals surface area contributed by atoms with Gasteiger partial charge < -0.3 is 9.47 Å². The molecule has 0 N–H and O–H groups in total. The molecule has 5 heteroatoms. The lowest BCUT2D eigenvalue weighted by atomic mass is 10.3. The van der Waals surface area contributed by atoms with Crippen LogP contribution in [-0.2, 0) is 9.53 Å². The maximum absolute atomic E-state index is 13.0. The number of halogens is 2. The Bertz CT molecular complexity index is 355. The lowest BCUT2D eigenvalue weighted by Gasteiger charge is -2.05. The van der Waals surface area contributed by atoms with Gasteiger partial charge in [-0.15, -0.1) is 0 Å². The fourth-order valence-electron chi connectivity index (χ4n) is 0.921. The zero-order chi connectivity index (χ0) is 11.3. The van der Waals surface area contributed by atoms with Crippen molar-refractivity contribution in [3.8, 4) is 5.75 Å². The maximum Gasteiger partial charge on any atom is 0.308 e. The molecule has 1 rings (SSSR count). The van der Waals surface area contributed by atoms with Crippen molar-refractivity contribution in [3.63, 3.8) is 0 Å². The van der Waals surface area contributed by atoms with Crippen LogP contribution < -0.4 is 4.74 Å². The highest BCUT2D eigenvalue weighted by Crippen LogP contribution is 2.20. The Balaban J connectivity index is 2.44. The molecule has 0 fully saturated rings. The van der Waals surface area contributed by atoms with Gasteiger partial charge in [0.1, 0.15) is 11.6 Å². The summed E-state index contributed by atoms with van der Waals surface area (Å²) in [5.74, 6) is -0.363. The molecule has 0 unspecified atom stereocenters. The highest BCUT2D eigenvalue weighted by molar-refractivity contribution is 9.10. The van der Waals surface area contributed by atoms with Gasteiger partial charge >= 0.3 is 5.97 Å². The van der Waals surface area contributed by atoms with Crippen LogP contribution in [0, 0.1) is 5.82 Å². The molecule has 1 aromatic rings. The minimum atomic E-state index is -0.398. The minimum absolute atomic E-state index is 0.147. The average molecular weight is 277 g/mol. The molecule has 0 saturated heterocycles. The smallest absolute Gasteiger partial charge is 0.308 e. The predicted octanol–water partition coefficient (Wildman–Crippen LogP) is 2.53. The third-order valence-corrected chi connectivity index (χ3v) is 2.34. The number of methoxy groups -OCH3 is 1. The van der Waals surface area contributed by atoms with Crippen LogP contribution in [0.25, 0.3) is 0 Å². The van der Waals surface area contributed by atoms with Crippen molar-refractivity contribution in [2.24, 2.45) is 0 Å². The van der Waals surface area contributed by atoms with Gasteiger partial charge in [0, 0.05) is 6.07 Å². The van der Waals surface area contributed by atoms with Crippen LogP contribution in [0.3, 0.4) is 0 Å². The second-order valence-corrected chi connectivity index (χ2v) is 3.60. The van der Waals surface area contributed by atoms with Crippen molar-refractivity contribution in [1.82, 2.24) is 0 Å². The number of esters is 1. The first-order valence-corrected chi connectivity index (χ1v) is 5.07. The van der Waals surface area contributed by atoms with Gasteiger partial charge in [-0.1, -0.05) is 0 Å². The number of rotatable bonds is 4. The van der Waals surface area contributed by atoms with Gasteiger partial charge in [0.15, 0.2) is 0 Å². The molecule has 0 atom stereocenters. The summed E-state index contributed by atoms with van der Waals surface area (Å²) in [7, 11) is 1.31. The van der Waals surface area contributed by atoms with Gasteiger partial charge in [-0.3, -0.25) is 4.79 Å². The highest BCUT2D eigenvalue weighted by atomic mass is 79.9.